The molecule has 3 aromatic rings. The van der Waals surface area contributed by atoms with Gasteiger partial charge in [0.25, 0.3) is 0 Å². The Morgan fingerprint density at radius 2 is 1.76 bits per heavy atom. The Labute approximate surface area is 125 Å². The smallest absolute Gasteiger partial charge is 0.187 e. The summed E-state index contributed by atoms with van der Waals surface area (Å²) < 4.78 is 0. The van der Waals surface area contributed by atoms with Crippen LogP contribution in [0.2, 0.25) is 0 Å². The van der Waals surface area contributed by atoms with Crippen molar-refractivity contribution in [3.8, 4) is 11.3 Å². The standard InChI is InChI=1S/C15H12N3O2S/c19-18(20)13-8-6-11(7-9-13)14-10-21-15(17-14)16-12-4-2-1-3-5-12/h1-10,19H,(H,16,17)/q-1. The number of rotatable bonds is 4. The number of hydrogen-bond acceptors (Lipinski definition) is 6. The molecule has 0 saturated heterocycles. The summed E-state index contributed by atoms with van der Waals surface area (Å²) in [4.78, 5) is 4.50. The molecule has 1 heterocycles. The number of benzene rings is 2. The third kappa shape index (κ3) is 3.19. The lowest BCUT2D eigenvalue weighted by Crippen LogP contribution is -2.06. The molecule has 1 aromatic heterocycles. The summed E-state index contributed by atoms with van der Waals surface area (Å²) in [5.74, 6) is 0. The van der Waals surface area contributed by atoms with Gasteiger partial charge in [-0.05, 0) is 24.3 Å². The summed E-state index contributed by atoms with van der Waals surface area (Å²) in [5.41, 5.74) is 2.88. The number of para-hydroxylation sites is 1. The van der Waals surface area contributed by atoms with Crippen molar-refractivity contribution in [2.45, 2.75) is 0 Å². The van der Waals surface area contributed by atoms with Crippen molar-refractivity contribution in [2.75, 3.05) is 10.5 Å². The maximum atomic E-state index is 10.7. The highest BCUT2D eigenvalue weighted by atomic mass is 32.1. The molecule has 5 nitrogen and oxygen atoms in total. The van der Waals surface area contributed by atoms with Crippen molar-refractivity contribution < 1.29 is 5.21 Å². The quantitative estimate of drug-likeness (QED) is 0.705. The van der Waals surface area contributed by atoms with Crippen LogP contribution in [0.4, 0.5) is 16.5 Å². The highest BCUT2D eigenvalue weighted by molar-refractivity contribution is 7.14. The van der Waals surface area contributed by atoms with Crippen molar-refractivity contribution in [3.63, 3.8) is 0 Å². The second kappa shape index (κ2) is 5.92. The Morgan fingerprint density at radius 1 is 1.05 bits per heavy atom. The van der Waals surface area contributed by atoms with Crippen molar-refractivity contribution >= 4 is 27.8 Å². The normalized spacial score (nSPS) is 10.4. The summed E-state index contributed by atoms with van der Waals surface area (Å²) in [5, 5.41) is 25.4. The van der Waals surface area contributed by atoms with E-state index in [4.69, 9.17) is 5.21 Å². The number of aromatic nitrogens is 1. The highest BCUT2D eigenvalue weighted by Crippen LogP contribution is 2.28. The van der Waals surface area contributed by atoms with E-state index in [9.17, 15) is 5.21 Å². The molecule has 106 valence electrons. The molecule has 0 fully saturated rings. The zero-order valence-electron chi connectivity index (χ0n) is 10.9. The predicted molar refractivity (Wildman–Crippen MR) is 84.9 cm³/mol. The van der Waals surface area contributed by atoms with Crippen LogP contribution >= 0.6 is 11.3 Å². The molecule has 3 rings (SSSR count). The van der Waals surface area contributed by atoms with E-state index in [1.54, 1.807) is 24.3 Å². The Balaban J connectivity index is 1.78. The molecular formula is C15H12N3O2S-. The van der Waals surface area contributed by atoms with Crippen LogP contribution in [0.1, 0.15) is 0 Å². The summed E-state index contributed by atoms with van der Waals surface area (Å²) in [6.45, 7) is 0. The number of thiazole rings is 1. The second-order valence-electron chi connectivity index (χ2n) is 4.35. The topological polar surface area (TPSA) is 71.5 Å². The van der Waals surface area contributed by atoms with E-state index in [1.165, 1.54) is 11.3 Å². The molecule has 0 atom stereocenters. The minimum atomic E-state index is -0.160. The van der Waals surface area contributed by atoms with E-state index in [2.05, 4.69) is 10.3 Å². The Morgan fingerprint density at radius 3 is 2.43 bits per heavy atom. The van der Waals surface area contributed by atoms with Crippen LogP contribution in [0.3, 0.4) is 0 Å². The lowest BCUT2D eigenvalue weighted by molar-refractivity contribution is 0.296. The van der Waals surface area contributed by atoms with E-state index in [-0.39, 0.29) is 10.9 Å². The Kier molecular flexibility index (Phi) is 3.83. The van der Waals surface area contributed by atoms with Gasteiger partial charge >= 0.3 is 0 Å². The van der Waals surface area contributed by atoms with Crippen molar-refractivity contribution in [1.82, 2.24) is 4.98 Å². The summed E-state index contributed by atoms with van der Waals surface area (Å²) >= 11 is 1.51. The van der Waals surface area contributed by atoms with E-state index >= 15 is 0 Å². The molecule has 2 aromatic carbocycles. The predicted octanol–water partition coefficient (Wildman–Crippen LogP) is 4.25. The SMILES string of the molecule is [O-]N(O)c1ccc(-c2csc(Nc3ccccc3)n2)cc1. The highest BCUT2D eigenvalue weighted by Gasteiger charge is 2.05. The van der Waals surface area contributed by atoms with E-state index in [0.717, 1.165) is 22.1 Å². The molecule has 0 aliphatic rings. The van der Waals surface area contributed by atoms with Gasteiger partial charge in [0.2, 0.25) is 0 Å². The van der Waals surface area contributed by atoms with Gasteiger partial charge < -0.3 is 15.8 Å². The van der Waals surface area contributed by atoms with Crippen LogP contribution in [-0.4, -0.2) is 10.2 Å². The number of anilines is 3. The summed E-state index contributed by atoms with van der Waals surface area (Å²) in [7, 11) is 0. The van der Waals surface area contributed by atoms with Crippen LogP contribution in [0.5, 0.6) is 0 Å². The van der Waals surface area contributed by atoms with Gasteiger partial charge in [0.15, 0.2) is 5.13 Å². The number of hydrogen-bond donors (Lipinski definition) is 2. The van der Waals surface area contributed by atoms with E-state index in [0.29, 0.717) is 0 Å². The Bertz CT molecular complexity index is 711. The molecule has 0 aliphatic carbocycles. The fourth-order valence-corrected chi connectivity index (χ4v) is 2.61. The lowest BCUT2D eigenvalue weighted by Gasteiger charge is -2.21. The molecule has 0 unspecified atom stereocenters. The first-order valence-electron chi connectivity index (χ1n) is 6.26. The fourth-order valence-electron chi connectivity index (χ4n) is 1.87. The molecule has 0 bridgehead atoms. The zero-order valence-corrected chi connectivity index (χ0v) is 11.7. The average Bonchev–Trinajstić information content (AvgIpc) is 2.97. The maximum absolute atomic E-state index is 10.7. The molecule has 6 heteroatoms. The second-order valence-corrected chi connectivity index (χ2v) is 5.21. The molecule has 0 amide bonds. The van der Waals surface area contributed by atoms with Gasteiger partial charge in [-0.25, -0.2) is 4.98 Å². The van der Waals surface area contributed by atoms with Crippen LogP contribution < -0.4 is 10.5 Å². The zero-order chi connectivity index (χ0) is 14.7. The largest absolute Gasteiger partial charge is 0.733 e. The van der Waals surface area contributed by atoms with Gasteiger partial charge in [0.05, 0.1) is 11.4 Å². The van der Waals surface area contributed by atoms with Crippen LogP contribution in [0, 0.1) is 5.21 Å². The Hall–Kier alpha value is -2.41. The molecule has 0 radical (unpaired) electrons. The first-order chi connectivity index (χ1) is 10.2. The van der Waals surface area contributed by atoms with Crippen LogP contribution in [-0.2, 0) is 0 Å². The number of nitrogens with one attached hydrogen (secondary N) is 1. The van der Waals surface area contributed by atoms with Crippen molar-refractivity contribution in [1.29, 1.82) is 0 Å². The average molecular weight is 298 g/mol. The summed E-state index contributed by atoms with van der Waals surface area (Å²) in [6, 6.07) is 16.4. The van der Waals surface area contributed by atoms with Gasteiger partial charge in [-0.1, -0.05) is 30.3 Å². The first-order valence-corrected chi connectivity index (χ1v) is 7.14. The number of nitrogens with zero attached hydrogens (tertiary/aromatic N) is 2. The minimum Gasteiger partial charge on any atom is -0.733 e. The minimum absolute atomic E-state index is 0.160. The summed E-state index contributed by atoms with van der Waals surface area (Å²) in [6.07, 6.45) is 0. The fraction of sp³-hybridized carbons (Fsp3) is 0. The third-order valence-corrected chi connectivity index (χ3v) is 3.67. The molecule has 2 N–H and O–H groups in total. The first kappa shape index (κ1) is 13.6. The molecular weight excluding hydrogens is 286 g/mol. The van der Waals surface area contributed by atoms with Crippen molar-refractivity contribution in [2.24, 2.45) is 0 Å². The van der Waals surface area contributed by atoms with Gasteiger partial charge in [0.1, 0.15) is 0 Å². The van der Waals surface area contributed by atoms with Crippen molar-refractivity contribution in [3.05, 3.63) is 65.2 Å². The molecule has 0 saturated carbocycles. The maximum Gasteiger partial charge on any atom is 0.187 e. The molecule has 0 spiro atoms. The van der Waals surface area contributed by atoms with Gasteiger partial charge in [-0.2, -0.15) is 0 Å². The molecule has 21 heavy (non-hydrogen) atoms. The van der Waals surface area contributed by atoms with Crippen LogP contribution in [0.25, 0.3) is 11.3 Å². The lowest BCUT2D eigenvalue weighted by atomic mass is 10.1. The van der Waals surface area contributed by atoms with Crippen LogP contribution in [0.15, 0.2) is 60.0 Å². The molecule has 0 aliphatic heterocycles. The van der Waals surface area contributed by atoms with Gasteiger partial charge in [-0.3, -0.25) is 5.21 Å². The van der Waals surface area contributed by atoms with Gasteiger partial charge in [-0.15, -0.1) is 11.3 Å². The van der Waals surface area contributed by atoms with Gasteiger partial charge in [0, 0.05) is 16.6 Å². The monoisotopic (exact) mass is 298 g/mol. The third-order valence-electron chi connectivity index (χ3n) is 2.91. The van der Waals surface area contributed by atoms with E-state index < -0.39 is 0 Å². The van der Waals surface area contributed by atoms with E-state index in [1.807, 2.05) is 35.7 Å².